The molecule has 126 valence electrons. The predicted octanol–water partition coefficient (Wildman–Crippen LogP) is 2.26. The third-order valence-corrected chi connectivity index (χ3v) is 5.28. The second-order valence-electron chi connectivity index (χ2n) is 6.85. The van der Waals surface area contributed by atoms with Crippen LogP contribution in [-0.4, -0.2) is 32.5 Å². The van der Waals surface area contributed by atoms with Crippen molar-refractivity contribution in [2.45, 2.75) is 51.5 Å². The first kappa shape index (κ1) is 15.2. The van der Waals surface area contributed by atoms with E-state index in [2.05, 4.69) is 15.2 Å². The smallest absolute Gasteiger partial charge is 0.261 e. The maximum absolute atomic E-state index is 13.1. The molecule has 2 aromatic rings. The number of amides is 1. The van der Waals surface area contributed by atoms with Crippen LogP contribution in [0.4, 0.5) is 0 Å². The lowest BCUT2D eigenvalue weighted by atomic mass is 9.96. The number of fused-ring (bicyclic) bond motifs is 1. The molecule has 0 radical (unpaired) electrons. The molecule has 1 aliphatic heterocycles. The van der Waals surface area contributed by atoms with Crippen LogP contribution in [0.2, 0.25) is 0 Å². The van der Waals surface area contributed by atoms with Crippen LogP contribution in [0.15, 0.2) is 17.1 Å². The van der Waals surface area contributed by atoms with E-state index in [1.54, 1.807) is 6.20 Å². The number of nitrogens with one attached hydrogen (secondary N) is 2. The number of aromatic nitrogens is 3. The Morgan fingerprint density at radius 1 is 1.29 bits per heavy atom. The second kappa shape index (κ2) is 5.92. The number of rotatable bonds is 2. The Hall–Kier alpha value is -2.37. The van der Waals surface area contributed by atoms with E-state index < -0.39 is 0 Å². The summed E-state index contributed by atoms with van der Waals surface area (Å²) >= 11 is 0. The number of aromatic amines is 2. The van der Waals surface area contributed by atoms with Gasteiger partial charge >= 0.3 is 0 Å². The Labute approximate surface area is 140 Å². The van der Waals surface area contributed by atoms with Crippen molar-refractivity contribution in [3.8, 4) is 0 Å². The van der Waals surface area contributed by atoms with Crippen molar-refractivity contribution in [2.24, 2.45) is 0 Å². The highest BCUT2D eigenvalue weighted by Gasteiger charge is 2.32. The molecule has 0 bridgehead atoms. The van der Waals surface area contributed by atoms with E-state index in [-0.39, 0.29) is 23.1 Å². The number of piperidine rings is 1. The van der Waals surface area contributed by atoms with Gasteiger partial charge in [-0.1, -0.05) is 0 Å². The van der Waals surface area contributed by atoms with E-state index in [1.807, 2.05) is 17.9 Å². The lowest BCUT2D eigenvalue weighted by Crippen LogP contribution is -2.41. The van der Waals surface area contributed by atoms with Crippen molar-refractivity contribution in [1.29, 1.82) is 0 Å². The number of aryl methyl sites for hydroxylation is 3. The third-order valence-electron chi connectivity index (χ3n) is 5.28. The zero-order chi connectivity index (χ0) is 16.7. The third kappa shape index (κ3) is 2.46. The minimum atomic E-state index is -0.258. The molecule has 2 aromatic heterocycles. The average Bonchev–Trinajstić information content (AvgIpc) is 3.21. The Kier molecular flexibility index (Phi) is 3.75. The molecule has 6 heteroatoms. The lowest BCUT2D eigenvalue weighted by Gasteiger charge is -2.35. The average molecular weight is 326 g/mol. The van der Waals surface area contributed by atoms with E-state index in [0.717, 1.165) is 61.0 Å². The van der Waals surface area contributed by atoms with Crippen LogP contribution in [0.25, 0.3) is 0 Å². The summed E-state index contributed by atoms with van der Waals surface area (Å²) in [6, 6.07) is 1.79. The largest absolute Gasteiger partial charge is 0.330 e. The fourth-order valence-electron chi connectivity index (χ4n) is 4.00. The zero-order valence-electron chi connectivity index (χ0n) is 13.9. The van der Waals surface area contributed by atoms with Gasteiger partial charge in [0.25, 0.3) is 11.5 Å². The van der Waals surface area contributed by atoms with Gasteiger partial charge in [-0.15, -0.1) is 0 Å². The number of carbonyl (C=O) groups excluding carboxylic acids is 1. The summed E-state index contributed by atoms with van der Waals surface area (Å²) in [5.41, 5.74) is 4.18. The van der Waals surface area contributed by atoms with Crippen LogP contribution in [0, 0.1) is 6.92 Å². The van der Waals surface area contributed by atoms with Crippen molar-refractivity contribution in [3.05, 3.63) is 50.7 Å². The quantitative estimate of drug-likeness (QED) is 0.888. The molecular formula is C18H22N4O2. The molecule has 24 heavy (non-hydrogen) atoms. The monoisotopic (exact) mass is 326 g/mol. The van der Waals surface area contributed by atoms with Crippen LogP contribution >= 0.6 is 0 Å². The molecule has 1 saturated heterocycles. The summed E-state index contributed by atoms with van der Waals surface area (Å²) in [6.07, 6.45) is 7.62. The van der Waals surface area contributed by atoms with Gasteiger partial charge in [0.2, 0.25) is 0 Å². The van der Waals surface area contributed by atoms with Crippen LogP contribution in [0.3, 0.4) is 0 Å². The highest BCUT2D eigenvalue weighted by atomic mass is 16.2. The molecule has 1 amide bonds. The highest BCUT2D eigenvalue weighted by Crippen LogP contribution is 2.32. The fraction of sp³-hybridized carbons (Fsp3) is 0.500. The molecule has 1 aliphatic carbocycles. The van der Waals surface area contributed by atoms with E-state index in [4.69, 9.17) is 0 Å². The van der Waals surface area contributed by atoms with Crippen LogP contribution < -0.4 is 5.56 Å². The van der Waals surface area contributed by atoms with Crippen molar-refractivity contribution in [3.63, 3.8) is 0 Å². The number of pyridine rings is 1. The number of likely N-dealkylation sites (tertiary alicyclic amines) is 1. The molecule has 0 spiro atoms. The lowest BCUT2D eigenvalue weighted by molar-refractivity contribution is 0.0603. The molecular weight excluding hydrogens is 304 g/mol. The zero-order valence-corrected chi connectivity index (χ0v) is 13.9. The minimum absolute atomic E-state index is 0.0265. The Morgan fingerprint density at radius 2 is 2.17 bits per heavy atom. The van der Waals surface area contributed by atoms with Gasteiger partial charge in [0.15, 0.2) is 0 Å². The SMILES string of the molecule is Cc1cn[nH]c1[C@H]1CCCCN1C(=O)c1cc2c([nH]c1=O)CCC2. The Balaban J connectivity index is 1.70. The second-order valence-corrected chi connectivity index (χ2v) is 6.85. The number of nitrogens with zero attached hydrogens (tertiary/aromatic N) is 2. The van der Waals surface area contributed by atoms with Crippen LogP contribution in [0.1, 0.15) is 64.6 Å². The maximum Gasteiger partial charge on any atom is 0.261 e. The van der Waals surface area contributed by atoms with Gasteiger partial charge < -0.3 is 9.88 Å². The van der Waals surface area contributed by atoms with Crippen LogP contribution in [-0.2, 0) is 12.8 Å². The van der Waals surface area contributed by atoms with Gasteiger partial charge in [-0.3, -0.25) is 14.7 Å². The van der Waals surface area contributed by atoms with Crippen molar-refractivity contribution in [2.75, 3.05) is 6.54 Å². The summed E-state index contributed by atoms with van der Waals surface area (Å²) in [4.78, 5) is 30.3. The summed E-state index contributed by atoms with van der Waals surface area (Å²) in [6.45, 7) is 2.68. The first-order chi connectivity index (χ1) is 11.6. The molecule has 1 atom stereocenters. The summed E-state index contributed by atoms with van der Waals surface area (Å²) in [7, 11) is 0. The van der Waals surface area contributed by atoms with Gasteiger partial charge in [0, 0.05) is 12.2 Å². The van der Waals surface area contributed by atoms with E-state index in [1.165, 1.54) is 0 Å². The number of carbonyl (C=O) groups is 1. The molecule has 1 fully saturated rings. The fourth-order valence-corrected chi connectivity index (χ4v) is 4.00. The number of H-pyrrole nitrogens is 2. The first-order valence-electron chi connectivity index (χ1n) is 8.71. The molecule has 2 aliphatic rings. The highest BCUT2D eigenvalue weighted by molar-refractivity contribution is 5.94. The maximum atomic E-state index is 13.1. The van der Waals surface area contributed by atoms with E-state index in [0.29, 0.717) is 6.54 Å². The van der Waals surface area contributed by atoms with Gasteiger partial charge in [0.05, 0.1) is 17.9 Å². The molecule has 2 N–H and O–H groups in total. The molecule has 6 nitrogen and oxygen atoms in total. The van der Waals surface area contributed by atoms with Crippen molar-refractivity contribution < 1.29 is 4.79 Å². The predicted molar refractivity (Wildman–Crippen MR) is 90.0 cm³/mol. The summed E-state index contributed by atoms with van der Waals surface area (Å²) in [5.74, 6) is -0.162. The summed E-state index contributed by atoms with van der Waals surface area (Å²) in [5, 5.41) is 7.14. The number of hydrogen-bond acceptors (Lipinski definition) is 3. The molecule has 4 rings (SSSR count). The van der Waals surface area contributed by atoms with Gasteiger partial charge in [-0.2, -0.15) is 5.10 Å². The topological polar surface area (TPSA) is 81.8 Å². The van der Waals surface area contributed by atoms with Crippen LogP contribution in [0.5, 0.6) is 0 Å². The first-order valence-corrected chi connectivity index (χ1v) is 8.71. The van der Waals surface area contributed by atoms with Gasteiger partial charge in [-0.05, 0) is 62.6 Å². The molecule has 0 saturated carbocycles. The van der Waals surface area contributed by atoms with E-state index >= 15 is 0 Å². The molecule has 3 heterocycles. The van der Waals surface area contributed by atoms with Crippen molar-refractivity contribution in [1.82, 2.24) is 20.1 Å². The Bertz CT molecular complexity index is 836. The molecule has 0 aromatic carbocycles. The summed E-state index contributed by atoms with van der Waals surface area (Å²) < 4.78 is 0. The van der Waals surface area contributed by atoms with Crippen molar-refractivity contribution >= 4 is 5.91 Å². The van der Waals surface area contributed by atoms with Gasteiger partial charge in [-0.25, -0.2) is 0 Å². The molecule has 0 unspecified atom stereocenters. The van der Waals surface area contributed by atoms with Gasteiger partial charge in [0.1, 0.15) is 5.56 Å². The standard InChI is InChI=1S/C18H22N4O2/c1-11-10-19-21-16(11)15-7-2-3-8-22(15)18(24)13-9-12-5-4-6-14(12)20-17(13)23/h9-10,15H,2-8H2,1H3,(H,19,21)(H,20,23)/t15-/m1/s1. The Morgan fingerprint density at radius 3 is 2.96 bits per heavy atom. The number of hydrogen-bond donors (Lipinski definition) is 2. The van der Waals surface area contributed by atoms with E-state index in [9.17, 15) is 9.59 Å². The minimum Gasteiger partial charge on any atom is -0.330 e. The normalized spacial score (nSPS) is 20.2.